The van der Waals surface area contributed by atoms with Crippen molar-refractivity contribution in [2.24, 2.45) is 0 Å². The predicted molar refractivity (Wildman–Crippen MR) is 83.6 cm³/mol. The molecule has 1 aromatic carbocycles. The molecular formula is C15H23Cl2NO. The third-order valence-electron chi connectivity index (χ3n) is 4.25. The molecule has 1 aromatic rings. The van der Waals surface area contributed by atoms with Crippen LogP contribution >= 0.6 is 24.0 Å². The van der Waals surface area contributed by atoms with Gasteiger partial charge in [-0.3, -0.25) is 0 Å². The van der Waals surface area contributed by atoms with Gasteiger partial charge in [-0.2, -0.15) is 0 Å². The number of methoxy groups -OCH3 is 1. The molecule has 1 unspecified atom stereocenters. The molecule has 0 amide bonds. The standard InChI is InChI=1S/C15H22ClNO.ClH/c1-17(2)14(11-18-3)15(9-4-10-15)12-5-7-13(16)8-6-12;/h5-8,14H,4,9-11H2,1-3H3;1H. The average Bonchev–Trinajstić information content (AvgIpc) is 2.28. The first-order valence-corrected chi connectivity index (χ1v) is 6.89. The normalized spacial score (nSPS) is 18.6. The molecule has 19 heavy (non-hydrogen) atoms. The van der Waals surface area contributed by atoms with Crippen molar-refractivity contribution in [3.05, 3.63) is 34.9 Å². The summed E-state index contributed by atoms with van der Waals surface area (Å²) < 4.78 is 5.42. The minimum absolute atomic E-state index is 0. The fourth-order valence-electron chi connectivity index (χ4n) is 3.11. The number of nitrogens with zero attached hydrogens (tertiary/aromatic N) is 1. The van der Waals surface area contributed by atoms with E-state index < -0.39 is 0 Å². The van der Waals surface area contributed by atoms with Gasteiger partial charge in [-0.25, -0.2) is 0 Å². The lowest BCUT2D eigenvalue weighted by Gasteiger charge is -2.50. The highest BCUT2D eigenvalue weighted by Crippen LogP contribution is 2.48. The molecule has 1 fully saturated rings. The topological polar surface area (TPSA) is 12.5 Å². The molecule has 108 valence electrons. The number of likely N-dealkylation sites (N-methyl/N-ethyl adjacent to an activating group) is 1. The van der Waals surface area contributed by atoms with Crippen molar-refractivity contribution in [2.45, 2.75) is 30.7 Å². The maximum atomic E-state index is 5.99. The maximum absolute atomic E-state index is 5.99. The van der Waals surface area contributed by atoms with Gasteiger partial charge in [0.2, 0.25) is 0 Å². The Kier molecular flexibility index (Phi) is 6.13. The monoisotopic (exact) mass is 303 g/mol. The summed E-state index contributed by atoms with van der Waals surface area (Å²) in [5, 5.41) is 0.807. The first-order valence-electron chi connectivity index (χ1n) is 6.51. The zero-order chi connectivity index (χ0) is 13.2. The summed E-state index contributed by atoms with van der Waals surface area (Å²) in [6.45, 7) is 0.773. The Labute approximate surface area is 127 Å². The van der Waals surface area contributed by atoms with Gasteiger partial charge in [0.15, 0.2) is 0 Å². The molecule has 0 N–H and O–H groups in total. The van der Waals surface area contributed by atoms with Crippen LogP contribution < -0.4 is 0 Å². The average molecular weight is 304 g/mol. The molecule has 2 nitrogen and oxygen atoms in total. The minimum atomic E-state index is 0. The molecular weight excluding hydrogens is 281 g/mol. The van der Waals surface area contributed by atoms with Crippen molar-refractivity contribution in [1.29, 1.82) is 0 Å². The lowest BCUT2D eigenvalue weighted by Crippen LogP contribution is -2.54. The number of ether oxygens (including phenoxy) is 1. The van der Waals surface area contributed by atoms with Crippen LogP contribution in [-0.4, -0.2) is 38.8 Å². The Morgan fingerprint density at radius 2 is 1.84 bits per heavy atom. The van der Waals surface area contributed by atoms with Crippen LogP contribution in [0.15, 0.2) is 24.3 Å². The molecule has 0 heterocycles. The van der Waals surface area contributed by atoms with Gasteiger partial charge in [-0.05, 0) is 44.6 Å². The van der Waals surface area contributed by atoms with Crippen LogP contribution in [0.2, 0.25) is 5.02 Å². The molecule has 0 aliphatic heterocycles. The first kappa shape index (κ1) is 16.8. The molecule has 2 rings (SSSR count). The van der Waals surface area contributed by atoms with E-state index >= 15 is 0 Å². The SMILES string of the molecule is COCC(N(C)C)C1(c2ccc(Cl)cc2)CCC1.Cl. The van der Waals surface area contributed by atoms with E-state index in [9.17, 15) is 0 Å². The highest BCUT2D eigenvalue weighted by molar-refractivity contribution is 6.30. The van der Waals surface area contributed by atoms with Crippen LogP contribution in [0.3, 0.4) is 0 Å². The third kappa shape index (κ3) is 3.25. The van der Waals surface area contributed by atoms with Crippen LogP contribution in [0.25, 0.3) is 0 Å². The Morgan fingerprint density at radius 3 is 2.21 bits per heavy atom. The van der Waals surface area contributed by atoms with E-state index in [1.165, 1.54) is 24.8 Å². The predicted octanol–water partition coefficient (Wildman–Crippen LogP) is 3.76. The number of benzene rings is 1. The van der Waals surface area contributed by atoms with Crippen molar-refractivity contribution in [1.82, 2.24) is 4.90 Å². The van der Waals surface area contributed by atoms with Crippen molar-refractivity contribution < 1.29 is 4.74 Å². The van der Waals surface area contributed by atoms with Crippen LogP contribution in [0, 0.1) is 0 Å². The van der Waals surface area contributed by atoms with E-state index in [0.717, 1.165) is 11.6 Å². The Morgan fingerprint density at radius 1 is 1.26 bits per heavy atom. The molecule has 0 spiro atoms. The van der Waals surface area contributed by atoms with E-state index in [2.05, 4.69) is 31.1 Å². The summed E-state index contributed by atoms with van der Waals surface area (Å²) >= 11 is 5.99. The first-order chi connectivity index (χ1) is 8.60. The lowest BCUT2D eigenvalue weighted by atomic mass is 9.60. The van der Waals surface area contributed by atoms with E-state index in [4.69, 9.17) is 16.3 Å². The summed E-state index contributed by atoms with van der Waals surface area (Å²) in [5.41, 5.74) is 1.64. The minimum Gasteiger partial charge on any atom is -0.383 e. The van der Waals surface area contributed by atoms with Gasteiger partial charge in [0, 0.05) is 23.6 Å². The van der Waals surface area contributed by atoms with E-state index in [-0.39, 0.29) is 17.8 Å². The summed E-state index contributed by atoms with van der Waals surface area (Å²) in [6, 6.07) is 8.77. The van der Waals surface area contributed by atoms with Crippen LogP contribution in [0.4, 0.5) is 0 Å². The Balaban J connectivity index is 0.00000180. The molecule has 0 bridgehead atoms. The second-order valence-corrected chi connectivity index (χ2v) is 5.89. The van der Waals surface area contributed by atoms with Crippen molar-refractivity contribution in [3.63, 3.8) is 0 Å². The molecule has 1 atom stereocenters. The smallest absolute Gasteiger partial charge is 0.0626 e. The molecule has 4 heteroatoms. The molecule has 0 radical (unpaired) electrons. The van der Waals surface area contributed by atoms with E-state index in [1.807, 2.05) is 12.1 Å². The molecule has 1 aliphatic rings. The second kappa shape index (κ2) is 6.94. The zero-order valence-electron chi connectivity index (χ0n) is 11.9. The number of rotatable bonds is 5. The van der Waals surface area contributed by atoms with Crippen LogP contribution in [0.1, 0.15) is 24.8 Å². The van der Waals surface area contributed by atoms with Gasteiger partial charge in [0.05, 0.1) is 6.61 Å². The van der Waals surface area contributed by atoms with Gasteiger partial charge in [0.1, 0.15) is 0 Å². The fraction of sp³-hybridized carbons (Fsp3) is 0.600. The van der Waals surface area contributed by atoms with Crippen LogP contribution in [-0.2, 0) is 10.2 Å². The summed E-state index contributed by atoms with van der Waals surface area (Å²) in [6.07, 6.45) is 3.78. The van der Waals surface area contributed by atoms with E-state index in [0.29, 0.717) is 6.04 Å². The fourth-order valence-corrected chi connectivity index (χ4v) is 3.24. The van der Waals surface area contributed by atoms with Crippen molar-refractivity contribution in [3.8, 4) is 0 Å². The quantitative estimate of drug-likeness (QED) is 0.821. The number of hydrogen-bond donors (Lipinski definition) is 0. The Hall–Kier alpha value is -0.280. The third-order valence-corrected chi connectivity index (χ3v) is 4.50. The largest absolute Gasteiger partial charge is 0.383 e. The number of hydrogen-bond acceptors (Lipinski definition) is 2. The van der Waals surface area contributed by atoms with Gasteiger partial charge >= 0.3 is 0 Å². The molecule has 1 saturated carbocycles. The Bertz CT molecular complexity index is 388. The summed E-state index contributed by atoms with van der Waals surface area (Å²) in [4.78, 5) is 2.29. The highest BCUT2D eigenvalue weighted by atomic mass is 35.5. The van der Waals surface area contributed by atoms with Gasteiger partial charge in [-0.15, -0.1) is 12.4 Å². The van der Waals surface area contributed by atoms with Crippen molar-refractivity contribution in [2.75, 3.05) is 27.8 Å². The van der Waals surface area contributed by atoms with Gasteiger partial charge in [0.25, 0.3) is 0 Å². The van der Waals surface area contributed by atoms with Gasteiger partial charge < -0.3 is 9.64 Å². The summed E-state index contributed by atoms with van der Waals surface area (Å²) in [5.74, 6) is 0. The van der Waals surface area contributed by atoms with Gasteiger partial charge in [-0.1, -0.05) is 30.2 Å². The molecule has 1 aliphatic carbocycles. The highest BCUT2D eigenvalue weighted by Gasteiger charge is 2.46. The van der Waals surface area contributed by atoms with Crippen LogP contribution in [0.5, 0.6) is 0 Å². The second-order valence-electron chi connectivity index (χ2n) is 5.45. The number of halogens is 2. The zero-order valence-corrected chi connectivity index (χ0v) is 13.4. The lowest BCUT2D eigenvalue weighted by molar-refractivity contribution is 0.0310. The molecule has 0 saturated heterocycles. The maximum Gasteiger partial charge on any atom is 0.0626 e. The van der Waals surface area contributed by atoms with Crippen molar-refractivity contribution >= 4 is 24.0 Å². The van der Waals surface area contributed by atoms with E-state index in [1.54, 1.807) is 7.11 Å². The molecule has 0 aromatic heterocycles. The summed E-state index contributed by atoms with van der Waals surface area (Å²) in [7, 11) is 6.06.